The van der Waals surface area contributed by atoms with Crippen molar-refractivity contribution in [3.8, 4) is 0 Å². The van der Waals surface area contributed by atoms with Gasteiger partial charge in [0.05, 0.1) is 15.5 Å². The second-order valence-corrected chi connectivity index (χ2v) is 7.54. The van der Waals surface area contributed by atoms with E-state index in [1.54, 1.807) is 6.92 Å². The summed E-state index contributed by atoms with van der Waals surface area (Å²) < 4.78 is 65.1. The molecule has 23 heavy (non-hydrogen) atoms. The van der Waals surface area contributed by atoms with Crippen LogP contribution in [0.1, 0.15) is 19.4 Å². The Morgan fingerprint density at radius 3 is 2.48 bits per heavy atom. The van der Waals surface area contributed by atoms with Crippen molar-refractivity contribution in [2.24, 2.45) is 0 Å². The Balaban J connectivity index is 0.00000264. The smallest absolute Gasteiger partial charge is 0.311 e. The van der Waals surface area contributed by atoms with Crippen molar-refractivity contribution in [1.82, 2.24) is 9.62 Å². The largest absolute Gasteiger partial charge is 0.417 e. The summed E-state index contributed by atoms with van der Waals surface area (Å²) in [6, 6.07) is 2.22. The number of rotatable bonds is 2. The predicted molar refractivity (Wildman–Crippen MR) is 84.5 cm³/mol. The number of halogens is 5. The first-order valence-electron chi connectivity index (χ1n) is 6.67. The van der Waals surface area contributed by atoms with Crippen LogP contribution in [0.25, 0.3) is 0 Å². The molecule has 0 aliphatic carbocycles. The lowest BCUT2D eigenvalue weighted by Crippen LogP contribution is -2.57. The monoisotopic (exact) mass is 392 g/mol. The lowest BCUT2D eigenvalue weighted by atomic mass is 10.1. The number of benzene rings is 1. The van der Waals surface area contributed by atoms with Crippen LogP contribution in [0.3, 0.4) is 0 Å². The summed E-state index contributed by atoms with van der Waals surface area (Å²) in [5, 5.41) is 2.60. The topological polar surface area (TPSA) is 49.4 Å². The lowest BCUT2D eigenvalue weighted by Gasteiger charge is -2.37. The Labute approximate surface area is 144 Å². The van der Waals surface area contributed by atoms with Crippen molar-refractivity contribution in [2.45, 2.75) is 37.0 Å². The molecule has 1 aromatic carbocycles. The van der Waals surface area contributed by atoms with Crippen LogP contribution in [0.5, 0.6) is 0 Å². The van der Waals surface area contributed by atoms with Gasteiger partial charge in [0.1, 0.15) is 0 Å². The third-order valence-electron chi connectivity index (χ3n) is 3.83. The van der Waals surface area contributed by atoms with Gasteiger partial charge >= 0.3 is 6.18 Å². The van der Waals surface area contributed by atoms with E-state index < -0.39 is 31.7 Å². The van der Waals surface area contributed by atoms with Gasteiger partial charge in [0.15, 0.2) is 0 Å². The van der Waals surface area contributed by atoms with Gasteiger partial charge in [-0.25, -0.2) is 8.42 Å². The number of nitrogens with one attached hydrogen (secondary N) is 1. The van der Waals surface area contributed by atoms with Gasteiger partial charge in [-0.3, -0.25) is 0 Å². The van der Waals surface area contributed by atoms with Gasteiger partial charge in [0, 0.05) is 25.2 Å². The van der Waals surface area contributed by atoms with Crippen molar-refractivity contribution < 1.29 is 21.6 Å². The molecule has 1 aromatic rings. The summed E-state index contributed by atoms with van der Waals surface area (Å²) in [6.45, 7) is 4.20. The molecule has 10 heteroatoms. The number of nitrogens with zero attached hydrogens (tertiary/aromatic N) is 1. The minimum absolute atomic E-state index is 0. The van der Waals surface area contributed by atoms with E-state index in [-0.39, 0.29) is 31.0 Å². The molecule has 0 amide bonds. The maximum atomic E-state index is 12.9. The molecule has 0 radical (unpaired) electrons. The van der Waals surface area contributed by atoms with Gasteiger partial charge in [0.2, 0.25) is 10.0 Å². The van der Waals surface area contributed by atoms with E-state index in [9.17, 15) is 21.6 Å². The van der Waals surface area contributed by atoms with Crippen LogP contribution in [0.15, 0.2) is 23.1 Å². The fourth-order valence-corrected chi connectivity index (χ4v) is 4.34. The maximum Gasteiger partial charge on any atom is 0.417 e. The van der Waals surface area contributed by atoms with E-state index in [0.29, 0.717) is 12.6 Å². The highest BCUT2D eigenvalue weighted by Gasteiger charge is 2.38. The van der Waals surface area contributed by atoms with Crippen LogP contribution in [0.4, 0.5) is 13.2 Å². The number of sulfonamides is 1. The molecule has 2 atom stereocenters. The van der Waals surface area contributed by atoms with Crippen molar-refractivity contribution in [2.75, 3.05) is 13.1 Å². The Hall–Kier alpha value is -0.540. The van der Waals surface area contributed by atoms with Gasteiger partial charge in [0.25, 0.3) is 0 Å². The standard InChI is InChI=1S/C13H16ClF3N2O2S.ClH/c1-8-9(2)19(6-5-18-8)22(20,21)10-3-4-12(14)11(7-10)13(15,16)17;/h3-4,7-9,18H,5-6H2,1-2H3;1H. The molecular formula is C13H17Cl2F3N2O2S. The molecule has 1 aliphatic heterocycles. The quantitative estimate of drug-likeness (QED) is 0.840. The average Bonchev–Trinajstić information content (AvgIpc) is 2.40. The third kappa shape index (κ3) is 4.11. The minimum atomic E-state index is -4.70. The van der Waals surface area contributed by atoms with Crippen LogP contribution in [0.2, 0.25) is 5.02 Å². The van der Waals surface area contributed by atoms with Crippen LogP contribution >= 0.6 is 24.0 Å². The first kappa shape index (κ1) is 20.5. The second-order valence-electron chi connectivity index (χ2n) is 5.24. The fourth-order valence-electron chi connectivity index (χ4n) is 2.38. The molecule has 1 N–H and O–H groups in total. The summed E-state index contributed by atoms with van der Waals surface area (Å²) in [5.74, 6) is 0. The van der Waals surface area contributed by atoms with Crippen LogP contribution in [-0.2, 0) is 16.2 Å². The van der Waals surface area contributed by atoms with E-state index in [4.69, 9.17) is 11.6 Å². The predicted octanol–water partition coefficient (Wildman–Crippen LogP) is 3.15. The Kier molecular flexibility index (Phi) is 6.37. The maximum absolute atomic E-state index is 12.9. The second kappa shape index (κ2) is 7.14. The van der Waals surface area contributed by atoms with Gasteiger partial charge in [-0.15, -0.1) is 12.4 Å². The van der Waals surface area contributed by atoms with Crippen molar-refractivity contribution in [3.63, 3.8) is 0 Å². The van der Waals surface area contributed by atoms with Gasteiger partial charge in [-0.2, -0.15) is 17.5 Å². The number of piperazine rings is 1. The van der Waals surface area contributed by atoms with Gasteiger partial charge < -0.3 is 5.32 Å². The van der Waals surface area contributed by atoms with E-state index in [1.807, 2.05) is 6.92 Å². The first-order valence-corrected chi connectivity index (χ1v) is 8.49. The van der Waals surface area contributed by atoms with Crippen molar-refractivity contribution >= 4 is 34.0 Å². The minimum Gasteiger partial charge on any atom is -0.311 e. The Morgan fingerprint density at radius 1 is 1.30 bits per heavy atom. The molecule has 132 valence electrons. The van der Waals surface area contributed by atoms with Crippen LogP contribution in [-0.4, -0.2) is 37.9 Å². The molecule has 2 rings (SSSR count). The highest BCUT2D eigenvalue weighted by atomic mass is 35.5. The molecule has 2 unspecified atom stereocenters. The third-order valence-corrected chi connectivity index (χ3v) is 6.14. The summed E-state index contributed by atoms with van der Waals surface area (Å²) in [4.78, 5) is -0.398. The van der Waals surface area contributed by atoms with Crippen molar-refractivity contribution in [1.29, 1.82) is 0 Å². The molecular weight excluding hydrogens is 376 g/mol. The van der Waals surface area contributed by atoms with Gasteiger partial charge in [-0.05, 0) is 32.0 Å². The molecule has 0 spiro atoms. The fraction of sp³-hybridized carbons (Fsp3) is 0.538. The number of hydrogen-bond donors (Lipinski definition) is 1. The number of alkyl halides is 3. The Morgan fingerprint density at radius 2 is 1.91 bits per heavy atom. The zero-order valence-electron chi connectivity index (χ0n) is 12.4. The average molecular weight is 393 g/mol. The molecule has 1 fully saturated rings. The summed E-state index contributed by atoms with van der Waals surface area (Å²) in [7, 11) is -4.01. The molecule has 0 aromatic heterocycles. The zero-order chi connectivity index (χ0) is 16.7. The molecule has 0 saturated carbocycles. The van der Waals surface area contributed by atoms with E-state index >= 15 is 0 Å². The van der Waals surface area contributed by atoms with E-state index in [2.05, 4.69) is 5.32 Å². The molecule has 1 heterocycles. The highest BCUT2D eigenvalue weighted by Crippen LogP contribution is 2.36. The van der Waals surface area contributed by atoms with E-state index in [0.717, 1.165) is 12.1 Å². The molecule has 4 nitrogen and oxygen atoms in total. The molecule has 0 bridgehead atoms. The molecule has 1 saturated heterocycles. The highest BCUT2D eigenvalue weighted by molar-refractivity contribution is 7.89. The van der Waals surface area contributed by atoms with Crippen LogP contribution < -0.4 is 5.32 Å². The lowest BCUT2D eigenvalue weighted by molar-refractivity contribution is -0.137. The summed E-state index contributed by atoms with van der Waals surface area (Å²) in [5.41, 5.74) is -1.15. The summed E-state index contributed by atoms with van der Waals surface area (Å²) in [6.07, 6.45) is -4.70. The van der Waals surface area contributed by atoms with E-state index in [1.165, 1.54) is 4.31 Å². The van der Waals surface area contributed by atoms with Gasteiger partial charge in [-0.1, -0.05) is 11.6 Å². The SMILES string of the molecule is CC1NCCN(S(=O)(=O)c2ccc(Cl)c(C(F)(F)F)c2)C1C.Cl. The molecule has 1 aliphatic rings. The Bertz CT molecular complexity index is 668. The normalized spacial score (nSPS) is 23.4. The van der Waals surface area contributed by atoms with Crippen molar-refractivity contribution in [3.05, 3.63) is 28.8 Å². The van der Waals surface area contributed by atoms with Crippen LogP contribution in [0, 0.1) is 0 Å². The number of hydrogen-bond acceptors (Lipinski definition) is 3. The zero-order valence-corrected chi connectivity index (χ0v) is 14.8. The first-order chi connectivity index (χ1) is 10.0. The summed E-state index contributed by atoms with van der Waals surface area (Å²) >= 11 is 5.53.